The van der Waals surface area contributed by atoms with Gasteiger partial charge in [-0.2, -0.15) is 0 Å². The number of nitrogens with zero attached hydrogens (tertiary/aromatic N) is 2. The van der Waals surface area contributed by atoms with Gasteiger partial charge in [0.25, 0.3) is 0 Å². The van der Waals surface area contributed by atoms with Gasteiger partial charge in [-0.3, -0.25) is 9.69 Å². The van der Waals surface area contributed by atoms with Gasteiger partial charge in [-0.25, -0.2) is 8.78 Å². The number of anilines is 1. The van der Waals surface area contributed by atoms with Crippen molar-refractivity contribution in [2.24, 2.45) is 0 Å². The second kappa shape index (κ2) is 8.72. The van der Waals surface area contributed by atoms with Crippen LogP contribution >= 0.6 is 0 Å². The van der Waals surface area contributed by atoms with Crippen molar-refractivity contribution < 1.29 is 13.6 Å². The third-order valence-corrected chi connectivity index (χ3v) is 5.20. The van der Waals surface area contributed by atoms with Crippen LogP contribution in [0.1, 0.15) is 38.5 Å². The predicted molar refractivity (Wildman–Crippen MR) is 94.5 cm³/mol. The van der Waals surface area contributed by atoms with Gasteiger partial charge in [-0.1, -0.05) is 12.8 Å². The van der Waals surface area contributed by atoms with Crippen molar-refractivity contribution in [2.75, 3.05) is 38.0 Å². The Bertz CT molecular complexity index is 570. The van der Waals surface area contributed by atoms with Crippen LogP contribution in [0.4, 0.5) is 14.5 Å². The van der Waals surface area contributed by atoms with Crippen LogP contribution in [0.5, 0.6) is 0 Å². The molecule has 4 nitrogen and oxygen atoms in total. The van der Waals surface area contributed by atoms with Crippen molar-refractivity contribution >= 4 is 11.6 Å². The first-order valence-corrected chi connectivity index (χ1v) is 9.35. The van der Waals surface area contributed by atoms with Gasteiger partial charge in [0.05, 0.1) is 6.04 Å². The normalized spacial score (nSPS) is 22.7. The van der Waals surface area contributed by atoms with E-state index in [0.717, 1.165) is 70.2 Å². The molecule has 0 spiro atoms. The third-order valence-electron chi connectivity index (χ3n) is 5.20. The molecule has 0 saturated carbocycles. The molecule has 2 aliphatic rings. The van der Waals surface area contributed by atoms with Crippen LogP contribution in [-0.4, -0.2) is 54.5 Å². The van der Waals surface area contributed by atoms with Crippen LogP contribution in [0.25, 0.3) is 0 Å². The van der Waals surface area contributed by atoms with E-state index >= 15 is 0 Å². The summed E-state index contributed by atoms with van der Waals surface area (Å²) in [5.41, 5.74) is 0.184. The van der Waals surface area contributed by atoms with E-state index in [4.69, 9.17) is 0 Å². The molecule has 138 valence electrons. The fourth-order valence-electron chi connectivity index (χ4n) is 3.86. The Morgan fingerprint density at radius 3 is 2.36 bits per heavy atom. The van der Waals surface area contributed by atoms with E-state index in [1.807, 2.05) is 0 Å². The summed E-state index contributed by atoms with van der Waals surface area (Å²) in [7, 11) is 0. The highest BCUT2D eigenvalue weighted by atomic mass is 19.1. The molecule has 0 bridgehead atoms. The van der Waals surface area contributed by atoms with Gasteiger partial charge in [-0.15, -0.1) is 0 Å². The number of piperidine rings is 2. The Morgan fingerprint density at radius 2 is 1.64 bits per heavy atom. The standard InChI is InChI=1S/C19H27F2N3O/c20-15-12-16(21)14-17(13-15)22-19(25)18-6-2-5-9-24(18)11-10-23-7-3-1-4-8-23/h12-14,18H,1-11H2,(H,22,25)/t18-/m1/s1. The van der Waals surface area contributed by atoms with Crippen molar-refractivity contribution in [2.45, 2.75) is 44.6 Å². The minimum absolute atomic E-state index is 0.164. The molecule has 2 heterocycles. The maximum Gasteiger partial charge on any atom is 0.241 e. The van der Waals surface area contributed by atoms with Gasteiger partial charge in [0.1, 0.15) is 11.6 Å². The molecule has 1 amide bonds. The number of nitrogens with one attached hydrogen (secondary N) is 1. The van der Waals surface area contributed by atoms with Gasteiger partial charge < -0.3 is 10.2 Å². The maximum atomic E-state index is 13.3. The lowest BCUT2D eigenvalue weighted by Gasteiger charge is -2.36. The molecular weight excluding hydrogens is 324 g/mol. The van der Waals surface area contributed by atoms with E-state index in [-0.39, 0.29) is 17.6 Å². The average Bonchev–Trinajstić information content (AvgIpc) is 2.60. The van der Waals surface area contributed by atoms with Gasteiger partial charge in [0.2, 0.25) is 5.91 Å². The molecule has 2 fully saturated rings. The number of likely N-dealkylation sites (tertiary alicyclic amines) is 2. The number of hydrogen-bond acceptors (Lipinski definition) is 3. The first-order chi connectivity index (χ1) is 12.1. The van der Waals surface area contributed by atoms with Gasteiger partial charge >= 0.3 is 0 Å². The lowest BCUT2D eigenvalue weighted by Crippen LogP contribution is -2.50. The Kier molecular flexibility index (Phi) is 6.37. The van der Waals surface area contributed by atoms with E-state index in [2.05, 4.69) is 15.1 Å². The zero-order valence-corrected chi connectivity index (χ0v) is 14.6. The highest BCUT2D eigenvalue weighted by Gasteiger charge is 2.29. The van der Waals surface area contributed by atoms with Crippen molar-refractivity contribution in [3.05, 3.63) is 29.8 Å². The number of rotatable bonds is 5. The minimum Gasteiger partial charge on any atom is -0.325 e. The van der Waals surface area contributed by atoms with Crippen LogP contribution < -0.4 is 5.32 Å². The molecular formula is C19H27F2N3O. The molecule has 1 atom stereocenters. The highest BCUT2D eigenvalue weighted by Crippen LogP contribution is 2.20. The van der Waals surface area contributed by atoms with Gasteiger partial charge in [-0.05, 0) is 57.5 Å². The Morgan fingerprint density at radius 1 is 0.960 bits per heavy atom. The topological polar surface area (TPSA) is 35.6 Å². The Balaban J connectivity index is 1.58. The monoisotopic (exact) mass is 351 g/mol. The van der Waals surface area contributed by atoms with Crippen LogP contribution in [-0.2, 0) is 4.79 Å². The van der Waals surface area contributed by atoms with Crippen molar-refractivity contribution in [3.8, 4) is 0 Å². The van der Waals surface area contributed by atoms with Crippen molar-refractivity contribution in [3.63, 3.8) is 0 Å². The number of carbonyl (C=O) groups is 1. The quantitative estimate of drug-likeness (QED) is 0.885. The van der Waals surface area contributed by atoms with Crippen LogP contribution in [0, 0.1) is 11.6 Å². The molecule has 0 aromatic heterocycles. The molecule has 1 N–H and O–H groups in total. The van der Waals surface area contributed by atoms with Crippen molar-refractivity contribution in [1.29, 1.82) is 0 Å². The number of benzene rings is 1. The molecule has 0 radical (unpaired) electrons. The zero-order chi connectivity index (χ0) is 17.6. The van der Waals surface area contributed by atoms with E-state index in [0.29, 0.717) is 0 Å². The molecule has 25 heavy (non-hydrogen) atoms. The summed E-state index contributed by atoms with van der Waals surface area (Å²) >= 11 is 0. The number of halogens is 2. The van der Waals surface area contributed by atoms with Crippen LogP contribution in [0.2, 0.25) is 0 Å². The first kappa shape index (κ1) is 18.3. The van der Waals surface area contributed by atoms with E-state index in [1.54, 1.807) is 0 Å². The lowest BCUT2D eigenvalue weighted by molar-refractivity contribution is -0.122. The molecule has 2 aliphatic heterocycles. The Hall–Kier alpha value is -1.53. The molecule has 6 heteroatoms. The van der Waals surface area contributed by atoms with Crippen LogP contribution in [0.3, 0.4) is 0 Å². The first-order valence-electron chi connectivity index (χ1n) is 9.35. The molecule has 1 aromatic carbocycles. The van der Waals surface area contributed by atoms with Crippen molar-refractivity contribution in [1.82, 2.24) is 9.80 Å². The zero-order valence-electron chi connectivity index (χ0n) is 14.6. The second-order valence-corrected chi connectivity index (χ2v) is 7.10. The number of carbonyl (C=O) groups excluding carboxylic acids is 1. The minimum atomic E-state index is -0.680. The fraction of sp³-hybridized carbons (Fsp3) is 0.632. The average molecular weight is 351 g/mol. The molecule has 0 aliphatic carbocycles. The summed E-state index contributed by atoms with van der Waals surface area (Å²) in [4.78, 5) is 17.3. The summed E-state index contributed by atoms with van der Waals surface area (Å²) in [5, 5.41) is 2.69. The Labute approximate surface area is 148 Å². The van der Waals surface area contributed by atoms with Gasteiger partial charge in [0.15, 0.2) is 0 Å². The predicted octanol–water partition coefficient (Wildman–Crippen LogP) is 3.24. The maximum absolute atomic E-state index is 13.3. The summed E-state index contributed by atoms with van der Waals surface area (Å²) in [6.07, 6.45) is 6.73. The second-order valence-electron chi connectivity index (χ2n) is 7.10. The van der Waals surface area contributed by atoms with Gasteiger partial charge in [0, 0.05) is 24.8 Å². The molecule has 1 aromatic rings. The molecule has 2 saturated heterocycles. The largest absolute Gasteiger partial charge is 0.325 e. The van der Waals surface area contributed by atoms with E-state index < -0.39 is 11.6 Å². The third kappa shape index (κ3) is 5.22. The summed E-state index contributed by atoms with van der Waals surface area (Å²) in [5.74, 6) is -1.52. The van der Waals surface area contributed by atoms with Crippen LogP contribution in [0.15, 0.2) is 18.2 Å². The molecule has 0 unspecified atom stereocenters. The smallest absolute Gasteiger partial charge is 0.241 e. The summed E-state index contributed by atoms with van der Waals surface area (Å²) in [6, 6.07) is 2.90. The summed E-state index contributed by atoms with van der Waals surface area (Å²) < 4.78 is 26.6. The number of amides is 1. The van der Waals surface area contributed by atoms with E-state index in [9.17, 15) is 13.6 Å². The fourth-order valence-corrected chi connectivity index (χ4v) is 3.86. The SMILES string of the molecule is O=C(Nc1cc(F)cc(F)c1)[C@H]1CCCCN1CCN1CCCCC1. The van der Waals surface area contributed by atoms with E-state index in [1.165, 1.54) is 19.3 Å². The molecule has 3 rings (SSSR count). The summed E-state index contributed by atoms with van der Waals surface area (Å²) in [6.45, 7) is 5.05. The number of hydrogen-bond donors (Lipinski definition) is 1. The lowest BCUT2D eigenvalue weighted by atomic mass is 10.0. The highest BCUT2D eigenvalue weighted by molar-refractivity contribution is 5.94.